The average molecular weight is 401 g/mol. The van der Waals surface area contributed by atoms with Gasteiger partial charge in [-0.3, -0.25) is 4.90 Å². The number of morpholine rings is 1. The number of aromatic amines is 1. The first-order valence-electron chi connectivity index (χ1n) is 9.05. The molecule has 0 radical (unpaired) electrons. The SMILES string of the molecule is Cn1ccnc1CN1CCOCC1c1ncc(-c2ccc(S(C)(=O)=O)cc2)[nH]1. The summed E-state index contributed by atoms with van der Waals surface area (Å²) in [4.78, 5) is 15.0. The number of nitrogens with one attached hydrogen (secondary N) is 1. The van der Waals surface area contributed by atoms with Gasteiger partial charge in [0.25, 0.3) is 0 Å². The van der Waals surface area contributed by atoms with Crippen LogP contribution in [0.1, 0.15) is 17.7 Å². The predicted octanol–water partition coefficient (Wildman–Crippen LogP) is 1.79. The number of hydrogen-bond donors (Lipinski definition) is 1. The predicted molar refractivity (Wildman–Crippen MR) is 104 cm³/mol. The normalized spacial score (nSPS) is 18.4. The molecule has 1 saturated heterocycles. The maximum Gasteiger partial charge on any atom is 0.175 e. The molecule has 1 aliphatic rings. The van der Waals surface area contributed by atoms with Gasteiger partial charge in [0.2, 0.25) is 0 Å². The second-order valence-corrected chi connectivity index (χ2v) is 9.01. The summed E-state index contributed by atoms with van der Waals surface area (Å²) in [6.45, 7) is 2.76. The molecular weight excluding hydrogens is 378 g/mol. The highest BCUT2D eigenvalue weighted by molar-refractivity contribution is 7.90. The number of sulfone groups is 1. The monoisotopic (exact) mass is 401 g/mol. The molecule has 148 valence electrons. The lowest BCUT2D eigenvalue weighted by atomic mass is 10.2. The quantitative estimate of drug-likeness (QED) is 0.701. The van der Waals surface area contributed by atoms with Crippen molar-refractivity contribution in [1.29, 1.82) is 0 Å². The van der Waals surface area contributed by atoms with E-state index in [1.54, 1.807) is 36.7 Å². The minimum absolute atomic E-state index is 0.00879. The van der Waals surface area contributed by atoms with Gasteiger partial charge in [0, 0.05) is 32.2 Å². The van der Waals surface area contributed by atoms with E-state index in [0.29, 0.717) is 18.1 Å². The Labute approximate surface area is 164 Å². The van der Waals surface area contributed by atoms with Crippen LogP contribution in [0.4, 0.5) is 0 Å². The number of ether oxygens (including phenoxy) is 1. The summed E-state index contributed by atoms with van der Waals surface area (Å²) in [6.07, 6.45) is 6.72. The van der Waals surface area contributed by atoms with Crippen LogP contribution in [0.5, 0.6) is 0 Å². The van der Waals surface area contributed by atoms with Gasteiger partial charge in [-0.25, -0.2) is 18.4 Å². The van der Waals surface area contributed by atoms with Gasteiger partial charge in [-0.15, -0.1) is 0 Å². The third-order valence-electron chi connectivity index (χ3n) is 5.01. The fourth-order valence-electron chi connectivity index (χ4n) is 3.34. The molecule has 2 aromatic heterocycles. The van der Waals surface area contributed by atoms with Crippen LogP contribution in [0.3, 0.4) is 0 Å². The number of benzene rings is 1. The Kier molecular flexibility index (Phi) is 5.05. The molecule has 3 aromatic rings. The molecule has 1 unspecified atom stereocenters. The Hall–Kier alpha value is -2.49. The molecule has 0 saturated carbocycles. The van der Waals surface area contributed by atoms with Crippen molar-refractivity contribution in [3.8, 4) is 11.3 Å². The highest BCUT2D eigenvalue weighted by Crippen LogP contribution is 2.26. The lowest BCUT2D eigenvalue weighted by Gasteiger charge is -2.34. The summed E-state index contributed by atoms with van der Waals surface area (Å²) >= 11 is 0. The van der Waals surface area contributed by atoms with Gasteiger partial charge in [0.1, 0.15) is 11.6 Å². The number of hydrogen-bond acceptors (Lipinski definition) is 6. The van der Waals surface area contributed by atoms with Crippen LogP contribution in [0.2, 0.25) is 0 Å². The molecule has 1 fully saturated rings. The van der Waals surface area contributed by atoms with Gasteiger partial charge in [-0.1, -0.05) is 12.1 Å². The summed E-state index contributed by atoms with van der Waals surface area (Å²) in [5.74, 6) is 1.83. The molecule has 0 amide bonds. The van der Waals surface area contributed by atoms with Crippen molar-refractivity contribution in [3.05, 3.63) is 54.5 Å². The van der Waals surface area contributed by atoms with Crippen LogP contribution >= 0.6 is 0 Å². The number of nitrogens with zero attached hydrogens (tertiary/aromatic N) is 4. The minimum Gasteiger partial charge on any atom is -0.378 e. The molecule has 1 N–H and O–H groups in total. The third-order valence-corrected chi connectivity index (χ3v) is 6.14. The number of aromatic nitrogens is 4. The van der Waals surface area contributed by atoms with E-state index in [-0.39, 0.29) is 6.04 Å². The van der Waals surface area contributed by atoms with Crippen molar-refractivity contribution in [3.63, 3.8) is 0 Å². The molecule has 3 heterocycles. The maximum atomic E-state index is 11.6. The molecule has 8 nitrogen and oxygen atoms in total. The lowest BCUT2D eigenvalue weighted by Crippen LogP contribution is -2.40. The minimum atomic E-state index is -3.21. The average Bonchev–Trinajstić information content (AvgIpc) is 3.31. The molecule has 28 heavy (non-hydrogen) atoms. The molecule has 1 atom stereocenters. The van der Waals surface area contributed by atoms with E-state index in [4.69, 9.17) is 4.74 Å². The summed E-state index contributed by atoms with van der Waals surface area (Å²) in [6, 6.07) is 6.81. The van der Waals surface area contributed by atoms with Crippen molar-refractivity contribution >= 4 is 9.84 Å². The highest BCUT2D eigenvalue weighted by atomic mass is 32.2. The topological polar surface area (TPSA) is 93.1 Å². The Morgan fingerprint density at radius 2 is 2.04 bits per heavy atom. The third kappa shape index (κ3) is 3.87. The molecule has 4 rings (SSSR count). The Bertz CT molecular complexity index is 1060. The van der Waals surface area contributed by atoms with Gasteiger partial charge in [-0.2, -0.15) is 0 Å². The van der Waals surface area contributed by atoms with E-state index in [1.807, 2.05) is 17.8 Å². The fourth-order valence-corrected chi connectivity index (χ4v) is 3.97. The van der Waals surface area contributed by atoms with Crippen LogP contribution in [0.25, 0.3) is 11.3 Å². The van der Waals surface area contributed by atoms with Crippen LogP contribution in [-0.2, 0) is 28.2 Å². The van der Waals surface area contributed by atoms with Crippen LogP contribution < -0.4 is 0 Å². The summed E-state index contributed by atoms with van der Waals surface area (Å²) in [5.41, 5.74) is 1.73. The summed E-state index contributed by atoms with van der Waals surface area (Å²) < 4.78 is 31.0. The van der Waals surface area contributed by atoms with E-state index in [9.17, 15) is 8.42 Å². The summed E-state index contributed by atoms with van der Waals surface area (Å²) in [7, 11) is -1.22. The smallest absolute Gasteiger partial charge is 0.175 e. The van der Waals surface area contributed by atoms with E-state index in [0.717, 1.165) is 36.0 Å². The zero-order valence-corrected chi connectivity index (χ0v) is 16.7. The van der Waals surface area contributed by atoms with E-state index < -0.39 is 9.84 Å². The first-order valence-corrected chi connectivity index (χ1v) is 10.9. The zero-order valence-electron chi connectivity index (χ0n) is 15.9. The van der Waals surface area contributed by atoms with E-state index in [2.05, 4.69) is 19.9 Å². The van der Waals surface area contributed by atoms with Gasteiger partial charge in [-0.05, 0) is 17.7 Å². The molecule has 9 heteroatoms. The molecular formula is C19H23N5O3S. The Morgan fingerprint density at radius 3 is 2.71 bits per heavy atom. The molecule has 1 aromatic carbocycles. The van der Waals surface area contributed by atoms with Crippen molar-refractivity contribution in [2.75, 3.05) is 26.0 Å². The zero-order chi connectivity index (χ0) is 19.7. The number of aryl methyl sites for hydroxylation is 1. The van der Waals surface area contributed by atoms with Crippen LogP contribution in [-0.4, -0.2) is 58.9 Å². The Balaban J connectivity index is 1.56. The van der Waals surface area contributed by atoms with Crippen molar-refractivity contribution in [2.45, 2.75) is 17.5 Å². The van der Waals surface area contributed by atoms with Gasteiger partial charge in [0.05, 0.1) is 42.6 Å². The maximum absolute atomic E-state index is 11.6. The van der Waals surface area contributed by atoms with Gasteiger partial charge in [0.15, 0.2) is 9.84 Å². The van der Waals surface area contributed by atoms with Crippen molar-refractivity contribution in [2.24, 2.45) is 7.05 Å². The second-order valence-electron chi connectivity index (χ2n) is 6.99. The number of rotatable bonds is 5. The Morgan fingerprint density at radius 1 is 1.25 bits per heavy atom. The number of H-pyrrole nitrogens is 1. The largest absolute Gasteiger partial charge is 0.378 e. The van der Waals surface area contributed by atoms with Crippen LogP contribution in [0, 0.1) is 0 Å². The molecule has 0 bridgehead atoms. The standard InChI is InChI=1S/C19H23N5O3S/c1-23-8-7-20-18(23)12-24-9-10-27-13-17(24)19-21-11-16(22-19)14-3-5-15(6-4-14)28(2,25)26/h3-8,11,17H,9-10,12-13H2,1-2H3,(H,21,22). The van der Waals surface area contributed by atoms with Crippen molar-refractivity contribution in [1.82, 2.24) is 24.4 Å². The summed E-state index contributed by atoms with van der Waals surface area (Å²) in [5, 5.41) is 0. The van der Waals surface area contributed by atoms with Gasteiger partial charge >= 0.3 is 0 Å². The molecule has 0 aliphatic carbocycles. The first-order chi connectivity index (χ1) is 13.4. The molecule has 1 aliphatic heterocycles. The van der Waals surface area contributed by atoms with Gasteiger partial charge < -0.3 is 14.3 Å². The molecule has 0 spiro atoms. The second kappa shape index (κ2) is 7.50. The van der Waals surface area contributed by atoms with E-state index >= 15 is 0 Å². The van der Waals surface area contributed by atoms with Crippen LogP contribution in [0.15, 0.2) is 47.8 Å². The first kappa shape index (κ1) is 18.9. The highest BCUT2D eigenvalue weighted by Gasteiger charge is 2.28. The fraction of sp³-hybridized carbons (Fsp3) is 0.368. The number of imidazole rings is 2. The lowest BCUT2D eigenvalue weighted by molar-refractivity contribution is -0.0170. The van der Waals surface area contributed by atoms with Crippen molar-refractivity contribution < 1.29 is 13.2 Å². The van der Waals surface area contributed by atoms with E-state index in [1.165, 1.54) is 6.26 Å².